The van der Waals surface area contributed by atoms with Crippen molar-refractivity contribution in [3.8, 4) is 22.6 Å². The number of aromatic nitrogens is 1. The van der Waals surface area contributed by atoms with Gasteiger partial charge >= 0.3 is 0 Å². The van der Waals surface area contributed by atoms with Crippen molar-refractivity contribution in [2.75, 3.05) is 4.90 Å². The fourth-order valence-electron chi connectivity index (χ4n) is 7.76. The van der Waals surface area contributed by atoms with Crippen LogP contribution in [0.3, 0.4) is 0 Å². The van der Waals surface area contributed by atoms with Crippen molar-refractivity contribution in [3.05, 3.63) is 170 Å². The van der Waals surface area contributed by atoms with Crippen LogP contribution in [-0.4, -0.2) is 4.98 Å². The number of furan rings is 1. The van der Waals surface area contributed by atoms with Crippen molar-refractivity contribution in [1.82, 2.24) is 4.98 Å². The van der Waals surface area contributed by atoms with Crippen molar-refractivity contribution in [2.45, 2.75) is 0 Å². The quantitative estimate of drug-likeness (QED) is 0.174. The van der Waals surface area contributed by atoms with E-state index in [4.69, 9.17) is 13.8 Å². The third-order valence-corrected chi connectivity index (χ3v) is 10.2. The van der Waals surface area contributed by atoms with Gasteiger partial charge in [0.1, 0.15) is 16.7 Å². The van der Waals surface area contributed by atoms with E-state index in [0.717, 1.165) is 66.4 Å². The second-order valence-corrected chi connectivity index (χ2v) is 13.2. The van der Waals surface area contributed by atoms with E-state index in [1.807, 2.05) is 42.5 Å². The Bertz CT molecular complexity index is 3080. The van der Waals surface area contributed by atoms with Gasteiger partial charge in [0, 0.05) is 44.5 Å². The van der Waals surface area contributed by atoms with E-state index in [1.54, 1.807) is 0 Å². The van der Waals surface area contributed by atoms with Gasteiger partial charge in [-0.05, 0) is 87.3 Å². The summed E-state index contributed by atoms with van der Waals surface area (Å²) in [7, 11) is 0. The molecule has 9 aromatic carbocycles. The zero-order valence-electron chi connectivity index (χ0n) is 27.4. The second kappa shape index (κ2) is 10.8. The van der Waals surface area contributed by atoms with Crippen molar-refractivity contribution >= 4 is 82.4 Å². The molecule has 0 saturated carbocycles. The lowest BCUT2D eigenvalue weighted by atomic mass is 9.99. The second-order valence-electron chi connectivity index (χ2n) is 13.2. The number of hydrogen-bond donors (Lipinski definition) is 0. The van der Waals surface area contributed by atoms with Gasteiger partial charge in [-0.1, -0.05) is 109 Å². The molecule has 0 N–H and O–H groups in total. The first-order valence-corrected chi connectivity index (χ1v) is 17.2. The van der Waals surface area contributed by atoms with Crippen LogP contribution in [0, 0.1) is 0 Å². The van der Waals surface area contributed by atoms with E-state index in [9.17, 15) is 0 Å². The minimum absolute atomic E-state index is 0.605. The molecule has 238 valence electrons. The molecule has 0 aliphatic heterocycles. The highest BCUT2D eigenvalue weighted by Crippen LogP contribution is 2.47. The predicted octanol–water partition coefficient (Wildman–Crippen LogP) is 13.4. The summed E-state index contributed by atoms with van der Waals surface area (Å²) in [5.41, 5.74) is 9.61. The Kier molecular flexibility index (Phi) is 5.92. The summed E-state index contributed by atoms with van der Waals surface area (Å²) in [4.78, 5) is 7.45. The molecule has 11 aromatic rings. The molecule has 0 saturated heterocycles. The van der Waals surface area contributed by atoms with Gasteiger partial charge in [-0.3, -0.25) is 0 Å². The van der Waals surface area contributed by atoms with Crippen molar-refractivity contribution in [1.29, 1.82) is 0 Å². The van der Waals surface area contributed by atoms with Crippen molar-refractivity contribution in [2.24, 2.45) is 0 Å². The van der Waals surface area contributed by atoms with Crippen LogP contribution in [0.25, 0.3) is 87.9 Å². The Morgan fingerprint density at radius 1 is 0.392 bits per heavy atom. The zero-order valence-corrected chi connectivity index (χ0v) is 27.4. The standard InChI is InChI=1S/C47H28N2O2/c1-2-11-32(12-3-1)47-48-45-40-27-38(28-42-44(40)43-39(46(45)51-47)15-8-16-41(43)50-42)49(37-24-21-30-10-5-7-14-34(30)26-37)36-22-19-31(20-23-36)35-18-17-29-9-4-6-13-33(29)25-35/h1-28H. The summed E-state index contributed by atoms with van der Waals surface area (Å²) in [5.74, 6) is 0.605. The van der Waals surface area contributed by atoms with Gasteiger partial charge in [-0.15, -0.1) is 0 Å². The highest BCUT2D eigenvalue weighted by atomic mass is 16.3. The minimum atomic E-state index is 0.605. The number of nitrogens with zero attached hydrogens (tertiary/aromatic N) is 2. The minimum Gasteiger partial charge on any atom is -0.456 e. The third-order valence-electron chi connectivity index (χ3n) is 10.2. The Morgan fingerprint density at radius 3 is 1.86 bits per heavy atom. The van der Waals surface area contributed by atoms with Crippen molar-refractivity contribution in [3.63, 3.8) is 0 Å². The SMILES string of the molecule is c1ccc(-c2nc3c4cc(N(c5ccc(-c6ccc7ccccc7c6)cc5)c5ccc6ccccc6c5)cc5oc6cccc(c3o2)c6c54)cc1. The van der Waals surface area contributed by atoms with Gasteiger partial charge in [0.25, 0.3) is 0 Å². The molecule has 0 aliphatic carbocycles. The molecule has 0 fully saturated rings. The topological polar surface area (TPSA) is 42.4 Å². The monoisotopic (exact) mass is 652 g/mol. The highest BCUT2D eigenvalue weighted by molar-refractivity contribution is 6.32. The maximum Gasteiger partial charge on any atom is 0.227 e. The van der Waals surface area contributed by atoms with Crippen LogP contribution in [0.15, 0.2) is 179 Å². The third kappa shape index (κ3) is 4.37. The molecule has 4 heteroatoms. The van der Waals surface area contributed by atoms with Gasteiger partial charge in [0.15, 0.2) is 5.58 Å². The number of benzene rings is 9. The van der Waals surface area contributed by atoms with E-state index in [0.29, 0.717) is 5.89 Å². The molecule has 0 aliphatic rings. The number of hydrogen-bond acceptors (Lipinski definition) is 4. The molecular weight excluding hydrogens is 625 g/mol. The number of fused-ring (bicyclic) bond motifs is 5. The lowest BCUT2D eigenvalue weighted by molar-refractivity contribution is 0.623. The zero-order chi connectivity index (χ0) is 33.5. The van der Waals surface area contributed by atoms with Gasteiger partial charge in [-0.2, -0.15) is 0 Å². The molecule has 4 nitrogen and oxygen atoms in total. The summed E-state index contributed by atoms with van der Waals surface area (Å²) in [6.07, 6.45) is 0. The molecule has 0 spiro atoms. The Morgan fingerprint density at radius 2 is 1.06 bits per heavy atom. The lowest BCUT2D eigenvalue weighted by Crippen LogP contribution is -2.10. The largest absolute Gasteiger partial charge is 0.456 e. The number of anilines is 3. The fraction of sp³-hybridized carbons (Fsp3) is 0. The average molecular weight is 653 g/mol. The Balaban J connectivity index is 1.14. The van der Waals surface area contributed by atoms with Crippen LogP contribution >= 0.6 is 0 Å². The van der Waals surface area contributed by atoms with Crippen LogP contribution in [-0.2, 0) is 0 Å². The van der Waals surface area contributed by atoms with E-state index in [-0.39, 0.29) is 0 Å². The first-order valence-electron chi connectivity index (χ1n) is 17.2. The molecular formula is C47H28N2O2. The molecule has 0 unspecified atom stereocenters. The van der Waals surface area contributed by atoms with Gasteiger partial charge in [-0.25, -0.2) is 4.98 Å². The van der Waals surface area contributed by atoms with Gasteiger partial charge in [0.05, 0.1) is 5.69 Å². The molecule has 0 atom stereocenters. The summed E-state index contributed by atoms with van der Waals surface area (Å²) in [6, 6.07) is 59.8. The molecule has 0 amide bonds. The fourth-order valence-corrected chi connectivity index (χ4v) is 7.76. The van der Waals surface area contributed by atoms with Crippen LogP contribution < -0.4 is 4.90 Å². The molecule has 11 rings (SSSR count). The summed E-state index contributed by atoms with van der Waals surface area (Å²) in [6.45, 7) is 0. The average Bonchev–Trinajstić information content (AvgIpc) is 3.81. The number of rotatable bonds is 5. The summed E-state index contributed by atoms with van der Waals surface area (Å²) < 4.78 is 13.2. The highest BCUT2D eigenvalue weighted by Gasteiger charge is 2.24. The van der Waals surface area contributed by atoms with E-state index in [1.165, 1.54) is 32.7 Å². The van der Waals surface area contributed by atoms with Crippen LogP contribution in [0.5, 0.6) is 0 Å². The Hall–Kier alpha value is -6.91. The first kappa shape index (κ1) is 28.0. The summed E-state index contributed by atoms with van der Waals surface area (Å²) in [5, 5.41) is 8.98. The number of oxazole rings is 1. The van der Waals surface area contributed by atoms with E-state index >= 15 is 0 Å². The smallest absolute Gasteiger partial charge is 0.227 e. The molecule has 2 heterocycles. The van der Waals surface area contributed by atoms with E-state index in [2.05, 4.69) is 132 Å². The van der Waals surface area contributed by atoms with Crippen LogP contribution in [0.2, 0.25) is 0 Å². The van der Waals surface area contributed by atoms with Crippen LogP contribution in [0.4, 0.5) is 17.1 Å². The molecule has 0 radical (unpaired) electrons. The predicted molar refractivity (Wildman–Crippen MR) is 211 cm³/mol. The van der Waals surface area contributed by atoms with E-state index < -0.39 is 0 Å². The van der Waals surface area contributed by atoms with Gasteiger partial charge in [0.2, 0.25) is 5.89 Å². The molecule has 51 heavy (non-hydrogen) atoms. The molecule has 2 aromatic heterocycles. The normalized spacial score (nSPS) is 11.9. The van der Waals surface area contributed by atoms with Crippen molar-refractivity contribution < 1.29 is 8.83 Å². The van der Waals surface area contributed by atoms with Gasteiger partial charge < -0.3 is 13.7 Å². The molecule has 0 bridgehead atoms. The maximum absolute atomic E-state index is 6.62. The maximum atomic E-state index is 6.62. The lowest BCUT2D eigenvalue weighted by Gasteiger charge is -2.26. The first-order chi connectivity index (χ1) is 25.2. The van der Waals surface area contributed by atoms with Crippen LogP contribution in [0.1, 0.15) is 0 Å². The Labute approximate surface area is 292 Å². The summed E-state index contributed by atoms with van der Waals surface area (Å²) >= 11 is 0.